The van der Waals surface area contributed by atoms with Gasteiger partial charge in [0.1, 0.15) is 11.9 Å². The van der Waals surface area contributed by atoms with Crippen molar-refractivity contribution < 1.29 is 13.9 Å². The molecule has 4 nitrogen and oxygen atoms in total. The normalized spacial score (nSPS) is 13.3. The number of carbonyl (C=O) groups excluding carboxylic acids is 1. The van der Waals surface area contributed by atoms with Gasteiger partial charge in [0.15, 0.2) is 0 Å². The molecule has 0 saturated carbocycles. The Kier molecular flexibility index (Phi) is 5.65. The highest BCUT2D eigenvalue weighted by Crippen LogP contribution is 2.19. The quantitative estimate of drug-likeness (QED) is 0.867. The van der Waals surface area contributed by atoms with Gasteiger partial charge in [0.25, 0.3) is 0 Å². The average Bonchev–Trinajstić information content (AvgIpc) is 2.36. The number of hydrogen-bond donors (Lipinski definition) is 1. The zero-order valence-corrected chi connectivity index (χ0v) is 12.7. The Labute approximate surface area is 119 Å². The van der Waals surface area contributed by atoms with Gasteiger partial charge in [-0.2, -0.15) is 0 Å². The summed E-state index contributed by atoms with van der Waals surface area (Å²) in [5, 5.41) is 2.85. The molecule has 0 radical (unpaired) electrons. The Morgan fingerprint density at radius 3 is 2.60 bits per heavy atom. The molecule has 20 heavy (non-hydrogen) atoms. The maximum atomic E-state index is 13.3. The number of ether oxygens (including phenoxy) is 1. The van der Waals surface area contributed by atoms with Crippen LogP contribution >= 0.6 is 0 Å². The summed E-state index contributed by atoms with van der Waals surface area (Å²) < 4.78 is 18.6. The number of nitrogens with zero attached hydrogens (tertiary/aromatic N) is 1. The van der Waals surface area contributed by atoms with E-state index in [4.69, 9.17) is 4.74 Å². The summed E-state index contributed by atoms with van der Waals surface area (Å²) in [6, 6.07) is 5.56. The molecule has 1 aromatic carbocycles. The van der Waals surface area contributed by atoms with E-state index in [0.29, 0.717) is 12.1 Å². The summed E-state index contributed by atoms with van der Waals surface area (Å²) >= 11 is 0. The summed E-state index contributed by atoms with van der Waals surface area (Å²) in [4.78, 5) is 14.1. The minimum atomic E-state index is -0.529. The van der Waals surface area contributed by atoms with Crippen molar-refractivity contribution in [2.45, 2.75) is 25.5 Å². The minimum Gasteiger partial charge on any atom is -0.377 e. The fraction of sp³-hybridized carbons (Fsp3) is 0.533. The molecule has 0 aromatic heterocycles. The topological polar surface area (TPSA) is 41.6 Å². The molecule has 1 aromatic rings. The van der Waals surface area contributed by atoms with Gasteiger partial charge in [-0.25, -0.2) is 4.39 Å². The van der Waals surface area contributed by atoms with Gasteiger partial charge < -0.3 is 10.1 Å². The summed E-state index contributed by atoms with van der Waals surface area (Å²) in [6.07, 6.45) is 0. The molecule has 1 atom stereocenters. The van der Waals surface area contributed by atoms with Crippen LogP contribution in [-0.2, 0) is 9.53 Å². The lowest BCUT2D eigenvalue weighted by molar-refractivity contribution is -0.127. The van der Waals surface area contributed by atoms with Crippen molar-refractivity contribution in [3.63, 3.8) is 0 Å². The van der Waals surface area contributed by atoms with E-state index in [1.54, 1.807) is 38.2 Å². The summed E-state index contributed by atoms with van der Waals surface area (Å²) in [6.45, 7) is 4.17. The van der Waals surface area contributed by atoms with Crippen molar-refractivity contribution in [3.05, 3.63) is 35.6 Å². The Bertz CT molecular complexity index is 461. The third-order valence-corrected chi connectivity index (χ3v) is 3.17. The maximum absolute atomic E-state index is 13.3. The predicted octanol–water partition coefficient (Wildman–Crippen LogP) is 1.97. The van der Waals surface area contributed by atoms with E-state index in [9.17, 15) is 9.18 Å². The Hall–Kier alpha value is -1.46. The number of benzene rings is 1. The summed E-state index contributed by atoms with van der Waals surface area (Å²) in [5.41, 5.74) is 0.191. The number of nitrogens with one attached hydrogen (secondary N) is 1. The molecule has 1 unspecified atom stereocenters. The van der Waals surface area contributed by atoms with E-state index in [1.165, 1.54) is 12.1 Å². The van der Waals surface area contributed by atoms with Crippen LogP contribution in [0, 0.1) is 5.82 Å². The van der Waals surface area contributed by atoms with Gasteiger partial charge >= 0.3 is 0 Å². The second-order valence-corrected chi connectivity index (χ2v) is 5.60. The van der Waals surface area contributed by atoms with Crippen LogP contribution in [0.3, 0.4) is 0 Å². The van der Waals surface area contributed by atoms with Crippen LogP contribution in [0.1, 0.15) is 25.5 Å². The van der Waals surface area contributed by atoms with Crippen LogP contribution in [0.2, 0.25) is 0 Å². The fourth-order valence-corrected chi connectivity index (χ4v) is 1.83. The number of carbonyl (C=O) groups is 1. The number of rotatable bonds is 6. The number of amides is 1. The molecule has 0 aliphatic rings. The van der Waals surface area contributed by atoms with Crippen molar-refractivity contribution in [1.82, 2.24) is 10.2 Å². The number of halogens is 1. The van der Waals surface area contributed by atoms with Gasteiger partial charge in [-0.1, -0.05) is 12.1 Å². The van der Waals surface area contributed by atoms with Crippen molar-refractivity contribution in [3.8, 4) is 0 Å². The van der Waals surface area contributed by atoms with Crippen LogP contribution in [0.4, 0.5) is 4.39 Å². The second-order valence-electron chi connectivity index (χ2n) is 5.60. The molecule has 1 amide bonds. The maximum Gasteiger partial charge on any atom is 0.242 e. The molecule has 0 saturated heterocycles. The van der Waals surface area contributed by atoms with Crippen LogP contribution in [0.25, 0.3) is 0 Å². The molecular weight excluding hydrogens is 259 g/mol. The van der Waals surface area contributed by atoms with E-state index in [2.05, 4.69) is 5.32 Å². The van der Waals surface area contributed by atoms with Gasteiger partial charge in [0, 0.05) is 13.7 Å². The third-order valence-electron chi connectivity index (χ3n) is 3.17. The molecule has 0 fully saturated rings. The van der Waals surface area contributed by atoms with Gasteiger partial charge in [-0.15, -0.1) is 0 Å². The third kappa shape index (κ3) is 4.58. The molecule has 5 heteroatoms. The fourth-order valence-electron chi connectivity index (χ4n) is 1.83. The molecule has 0 aliphatic heterocycles. The monoisotopic (exact) mass is 282 g/mol. The SMILES string of the molecule is COC(C)(C)CNC(=O)C(c1cccc(F)c1)N(C)C. The Morgan fingerprint density at radius 2 is 2.10 bits per heavy atom. The van der Waals surface area contributed by atoms with Crippen molar-refractivity contribution in [2.24, 2.45) is 0 Å². The molecule has 0 aliphatic carbocycles. The van der Waals surface area contributed by atoms with E-state index in [0.717, 1.165) is 0 Å². The highest BCUT2D eigenvalue weighted by Gasteiger charge is 2.25. The van der Waals surface area contributed by atoms with Crippen LogP contribution in [0.15, 0.2) is 24.3 Å². The lowest BCUT2D eigenvalue weighted by Gasteiger charge is -2.27. The van der Waals surface area contributed by atoms with Crippen molar-refractivity contribution >= 4 is 5.91 Å². The molecule has 1 rings (SSSR count). The Balaban J connectivity index is 2.84. The van der Waals surface area contributed by atoms with Crippen molar-refractivity contribution in [2.75, 3.05) is 27.7 Å². The Morgan fingerprint density at radius 1 is 1.45 bits per heavy atom. The molecule has 0 heterocycles. The molecule has 0 spiro atoms. The standard InChI is InChI=1S/C15H23FN2O2/c1-15(2,20-5)10-17-14(19)13(18(3)4)11-7-6-8-12(16)9-11/h6-9,13H,10H2,1-5H3,(H,17,19). The minimum absolute atomic E-state index is 0.175. The number of likely N-dealkylation sites (N-methyl/N-ethyl adjacent to an activating group) is 1. The second kappa shape index (κ2) is 6.81. The zero-order chi connectivity index (χ0) is 15.3. The first-order valence-electron chi connectivity index (χ1n) is 6.51. The largest absolute Gasteiger partial charge is 0.377 e. The number of methoxy groups -OCH3 is 1. The van der Waals surface area contributed by atoms with Crippen LogP contribution in [-0.4, -0.2) is 44.2 Å². The highest BCUT2D eigenvalue weighted by molar-refractivity contribution is 5.83. The first-order valence-corrected chi connectivity index (χ1v) is 6.51. The average molecular weight is 282 g/mol. The lowest BCUT2D eigenvalue weighted by Crippen LogP contribution is -2.44. The summed E-state index contributed by atoms with van der Waals surface area (Å²) in [5.74, 6) is -0.523. The van der Waals surface area contributed by atoms with Crippen molar-refractivity contribution in [1.29, 1.82) is 0 Å². The highest BCUT2D eigenvalue weighted by atomic mass is 19.1. The van der Waals surface area contributed by atoms with E-state index >= 15 is 0 Å². The van der Waals surface area contributed by atoms with E-state index in [1.807, 2.05) is 13.8 Å². The van der Waals surface area contributed by atoms with E-state index < -0.39 is 11.6 Å². The molecule has 1 N–H and O–H groups in total. The van der Waals surface area contributed by atoms with E-state index in [-0.39, 0.29) is 11.7 Å². The predicted molar refractivity (Wildman–Crippen MR) is 76.9 cm³/mol. The van der Waals surface area contributed by atoms with Crippen LogP contribution < -0.4 is 5.32 Å². The van der Waals surface area contributed by atoms with Gasteiger partial charge in [-0.3, -0.25) is 9.69 Å². The number of hydrogen-bond acceptors (Lipinski definition) is 3. The first kappa shape index (κ1) is 16.6. The lowest BCUT2D eigenvalue weighted by atomic mass is 10.0. The smallest absolute Gasteiger partial charge is 0.242 e. The zero-order valence-electron chi connectivity index (χ0n) is 12.7. The molecule has 0 bridgehead atoms. The van der Waals surface area contributed by atoms with Gasteiger partial charge in [0.2, 0.25) is 5.91 Å². The summed E-state index contributed by atoms with van der Waals surface area (Å²) in [7, 11) is 5.18. The first-order chi connectivity index (χ1) is 9.26. The van der Waals surface area contributed by atoms with Gasteiger partial charge in [-0.05, 0) is 45.6 Å². The molecular formula is C15H23FN2O2. The molecule has 112 valence electrons. The van der Waals surface area contributed by atoms with Gasteiger partial charge in [0.05, 0.1) is 5.60 Å². The van der Waals surface area contributed by atoms with Crippen LogP contribution in [0.5, 0.6) is 0 Å².